The van der Waals surface area contributed by atoms with Crippen molar-refractivity contribution in [3.05, 3.63) is 60.5 Å². The molecule has 0 unspecified atom stereocenters. The number of pyridine rings is 1. The SMILES string of the molecule is Nc1ccc(-c2ccnc3ccccc23)c(F)c1. The minimum atomic E-state index is -0.314. The fraction of sp³-hybridized carbons (Fsp3) is 0. The van der Waals surface area contributed by atoms with E-state index in [0.717, 1.165) is 16.5 Å². The van der Waals surface area contributed by atoms with E-state index < -0.39 is 0 Å². The molecule has 0 aliphatic rings. The molecule has 0 atom stereocenters. The zero-order chi connectivity index (χ0) is 12.5. The van der Waals surface area contributed by atoms with Gasteiger partial charge in [-0.2, -0.15) is 0 Å². The van der Waals surface area contributed by atoms with Gasteiger partial charge in [-0.1, -0.05) is 18.2 Å². The lowest BCUT2D eigenvalue weighted by Crippen LogP contribution is -1.91. The highest BCUT2D eigenvalue weighted by Gasteiger charge is 2.08. The van der Waals surface area contributed by atoms with Crippen molar-refractivity contribution in [2.75, 3.05) is 5.73 Å². The molecule has 3 aromatic rings. The number of nitrogens with zero attached hydrogens (tertiary/aromatic N) is 1. The van der Waals surface area contributed by atoms with E-state index in [2.05, 4.69) is 4.98 Å². The van der Waals surface area contributed by atoms with Crippen molar-refractivity contribution in [2.45, 2.75) is 0 Å². The molecule has 0 aliphatic heterocycles. The minimum Gasteiger partial charge on any atom is -0.399 e. The summed E-state index contributed by atoms with van der Waals surface area (Å²) in [6.07, 6.45) is 1.69. The molecule has 1 aromatic heterocycles. The Balaban J connectivity index is 2.31. The summed E-state index contributed by atoms with van der Waals surface area (Å²) in [7, 11) is 0. The molecule has 2 aromatic carbocycles. The highest BCUT2D eigenvalue weighted by Crippen LogP contribution is 2.30. The molecular formula is C15H11FN2. The van der Waals surface area contributed by atoms with Gasteiger partial charge in [0.25, 0.3) is 0 Å². The van der Waals surface area contributed by atoms with Crippen LogP contribution in [0.4, 0.5) is 10.1 Å². The van der Waals surface area contributed by atoms with Crippen LogP contribution in [-0.2, 0) is 0 Å². The van der Waals surface area contributed by atoms with Crippen molar-refractivity contribution in [1.29, 1.82) is 0 Å². The van der Waals surface area contributed by atoms with Crippen LogP contribution in [-0.4, -0.2) is 4.98 Å². The van der Waals surface area contributed by atoms with E-state index in [1.165, 1.54) is 6.07 Å². The molecule has 2 N–H and O–H groups in total. The molecule has 18 heavy (non-hydrogen) atoms. The number of hydrogen-bond donors (Lipinski definition) is 1. The van der Waals surface area contributed by atoms with Gasteiger partial charge < -0.3 is 5.73 Å². The molecule has 0 fully saturated rings. The molecule has 2 nitrogen and oxygen atoms in total. The molecule has 3 rings (SSSR count). The second-order valence-electron chi connectivity index (χ2n) is 4.11. The van der Waals surface area contributed by atoms with Gasteiger partial charge in [0.15, 0.2) is 0 Å². The van der Waals surface area contributed by atoms with Crippen molar-refractivity contribution in [3.8, 4) is 11.1 Å². The van der Waals surface area contributed by atoms with Gasteiger partial charge in [-0.15, -0.1) is 0 Å². The predicted molar refractivity (Wildman–Crippen MR) is 71.5 cm³/mol. The summed E-state index contributed by atoms with van der Waals surface area (Å²) in [6.45, 7) is 0. The molecule has 0 amide bonds. The number of nitrogen functional groups attached to an aromatic ring is 1. The molecule has 3 heteroatoms. The number of halogens is 1. The van der Waals surface area contributed by atoms with E-state index in [4.69, 9.17) is 5.73 Å². The number of hydrogen-bond acceptors (Lipinski definition) is 2. The van der Waals surface area contributed by atoms with E-state index in [9.17, 15) is 4.39 Å². The molecule has 0 bridgehead atoms. The Morgan fingerprint density at radius 2 is 1.78 bits per heavy atom. The van der Waals surface area contributed by atoms with E-state index >= 15 is 0 Å². The van der Waals surface area contributed by atoms with Crippen LogP contribution in [0.1, 0.15) is 0 Å². The first-order chi connectivity index (χ1) is 8.75. The quantitative estimate of drug-likeness (QED) is 0.657. The number of para-hydroxylation sites is 1. The van der Waals surface area contributed by atoms with Crippen LogP contribution in [0, 0.1) is 5.82 Å². The summed E-state index contributed by atoms with van der Waals surface area (Å²) in [5.74, 6) is -0.314. The average molecular weight is 238 g/mol. The summed E-state index contributed by atoms with van der Waals surface area (Å²) in [4.78, 5) is 4.27. The lowest BCUT2D eigenvalue weighted by Gasteiger charge is -2.07. The van der Waals surface area contributed by atoms with Crippen molar-refractivity contribution < 1.29 is 4.39 Å². The Bertz CT molecular complexity index is 717. The topological polar surface area (TPSA) is 38.9 Å². The van der Waals surface area contributed by atoms with Crippen LogP contribution in [0.5, 0.6) is 0 Å². The third kappa shape index (κ3) is 1.70. The standard InChI is InChI=1S/C15H11FN2/c16-14-9-10(17)5-6-12(14)11-7-8-18-15-4-2-1-3-13(11)15/h1-9H,17H2. The predicted octanol–water partition coefficient (Wildman–Crippen LogP) is 3.62. The Hall–Kier alpha value is -2.42. The molecule has 1 heterocycles. The fourth-order valence-corrected chi connectivity index (χ4v) is 2.08. The summed E-state index contributed by atoms with van der Waals surface area (Å²) in [6, 6.07) is 14.2. The maximum Gasteiger partial charge on any atom is 0.133 e. The third-order valence-electron chi connectivity index (χ3n) is 2.93. The maximum atomic E-state index is 14.0. The van der Waals surface area contributed by atoms with Crippen LogP contribution in [0.25, 0.3) is 22.0 Å². The van der Waals surface area contributed by atoms with Crippen LogP contribution < -0.4 is 5.73 Å². The van der Waals surface area contributed by atoms with Gasteiger partial charge in [0.1, 0.15) is 5.82 Å². The lowest BCUT2D eigenvalue weighted by molar-refractivity contribution is 0.632. The smallest absolute Gasteiger partial charge is 0.133 e. The maximum absolute atomic E-state index is 14.0. The lowest BCUT2D eigenvalue weighted by atomic mass is 10.0. The second-order valence-corrected chi connectivity index (χ2v) is 4.11. The van der Waals surface area contributed by atoms with Crippen molar-refractivity contribution in [1.82, 2.24) is 4.98 Å². The van der Waals surface area contributed by atoms with Crippen LogP contribution in [0.3, 0.4) is 0 Å². The van der Waals surface area contributed by atoms with Crippen molar-refractivity contribution in [3.63, 3.8) is 0 Å². The number of anilines is 1. The number of aromatic nitrogens is 1. The first-order valence-electron chi connectivity index (χ1n) is 5.65. The van der Waals surface area contributed by atoms with Gasteiger partial charge in [-0.05, 0) is 35.9 Å². The normalized spacial score (nSPS) is 10.7. The van der Waals surface area contributed by atoms with Gasteiger partial charge in [0.05, 0.1) is 5.52 Å². The molecule has 88 valence electrons. The van der Waals surface area contributed by atoms with Crippen LogP contribution >= 0.6 is 0 Å². The first-order valence-corrected chi connectivity index (χ1v) is 5.65. The van der Waals surface area contributed by atoms with Crippen LogP contribution in [0.15, 0.2) is 54.7 Å². The van der Waals surface area contributed by atoms with Gasteiger partial charge in [-0.25, -0.2) is 4.39 Å². The minimum absolute atomic E-state index is 0.314. The molecule has 0 aliphatic carbocycles. The van der Waals surface area contributed by atoms with Gasteiger partial charge >= 0.3 is 0 Å². The van der Waals surface area contributed by atoms with E-state index in [0.29, 0.717) is 11.3 Å². The summed E-state index contributed by atoms with van der Waals surface area (Å²) >= 11 is 0. The Morgan fingerprint density at radius 3 is 2.61 bits per heavy atom. The van der Waals surface area contributed by atoms with Crippen molar-refractivity contribution in [2.24, 2.45) is 0 Å². The zero-order valence-electron chi connectivity index (χ0n) is 9.60. The number of benzene rings is 2. The monoisotopic (exact) mass is 238 g/mol. The fourth-order valence-electron chi connectivity index (χ4n) is 2.08. The van der Waals surface area contributed by atoms with Crippen LogP contribution in [0.2, 0.25) is 0 Å². The average Bonchev–Trinajstić information content (AvgIpc) is 2.38. The van der Waals surface area contributed by atoms with Gasteiger partial charge in [0, 0.05) is 22.8 Å². The van der Waals surface area contributed by atoms with Gasteiger partial charge in [-0.3, -0.25) is 4.98 Å². The number of rotatable bonds is 1. The number of fused-ring (bicyclic) bond motifs is 1. The summed E-state index contributed by atoms with van der Waals surface area (Å²) < 4.78 is 14.0. The van der Waals surface area contributed by atoms with E-state index in [-0.39, 0.29) is 5.82 Å². The number of nitrogens with two attached hydrogens (primary N) is 1. The zero-order valence-corrected chi connectivity index (χ0v) is 9.60. The molecule has 0 saturated carbocycles. The third-order valence-corrected chi connectivity index (χ3v) is 2.93. The largest absolute Gasteiger partial charge is 0.399 e. The first kappa shape index (κ1) is 10.7. The molecular weight excluding hydrogens is 227 g/mol. The highest BCUT2D eigenvalue weighted by atomic mass is 19.1. The molecule has 0 spiro atoms. The van der Waals surface area contributed by atoms with E-state index in [1.807, 2.05) is 30.3 Å². The molecule has 0 saturated heterocycles. The molecule has 0 radical (unpaired) electrons. The highest BCUT2D eigenvalue weighted by molar-refractivity contribution is 5.94. The summed E-state index contributed by atoms with van der Waals surface area (Å²) in [5, 5.41) is 0.934. The Kier molecular flexibility index (Phi) is 2.45. The van der Waals surface area contributed by atoms with Gasteiger partial charge in [0.2, 0.25) is 0 Å². The van der Waals surface area contributed by atoms with E-state index in [1.54, 1.807) is 18.3 Å². The second kappa shape index (κ2) is 4.11. The van der Waals surface area contributed by atoms with Crippen molar-refractivity contribution >= 4 is 16.6 Å². The summed E-state index contributed by atoms with van der Waals surface area (Å²) in [5.41, 5.74) is 8.22. The Labute approximate surface area is 104 Å². The Morgan fingerprint density at radius 1 is 0.944 bits per heavy atom.